The molecule has 0 radical (unpaired) electrons. The van der Waals surface area contributed by atoms with Gasteiger partial charge in [-0.15, -0.1) is 0 Å². The molecule has 190 valence electrons. The van der Waals surface area contributed by atoms with Gasteiger partial charge in [0.15, 0.2) is 5.78 Å². The number of nitriles is 1. The Hall–Kier alpha value is -3.37. The molecule has 37 heavy (non-hydrogen) atoms. The quantitative estimate of drug-likeness (QED) is 0.272. The largest absolute Gasteiger partial charge is 0.492 e. The van der Waals surface area contributed by atoms with Gasteiger partial charge < -0.3 is 14.2 Å². The first kappa shape index (κ1) is 25.3. The van der Waals surface area contributed by atoms with Gasteiger partial charge >= 0.3 is 0 Å². The Bertz CT molecular complexity index is 1460. The summed E-state index contributed by atoms with van der Waals surface area (Å²) in [6.45, 7) is 8.99. The van der Waals surface area contributed by atoms with Gasteiger partial charge in [0.2, 0.25) is 0 Å². The second-order valence-electron chi connectivity index (χ2n) is 9.58. The van der Waals surface area contributed by atoms with E-state index >= 15 is 0 Å². The number of carbonyl (C=O) groups is 1. The first-order valence-electron chi connectivity index (χ1n) is 12.8. The fourth-order valence-corrected chi connectivity index (χ4v) is 5.48. The summed E-state index contributed by atoms with van der Waals surface area (Å²) in [5.74, 6) is 0.909. The zero-order chi connectivity index (χ0) is 25.8. The molecule has 1 aliphatic rings. The molecule has 5 rings (SSSR count). The van der Waals surface area contributed by atoms with Crippen LogP contribution in [-0.4, -0.2) is 66.0 Å². The molecule has 0 amide bonds. The topological polar surface area (TPSA) is 61.5 Å². The van der Waals surface area contributed by atoms with Gasteiger partial charge in [-0.1, -0.05) is 48.0 Å². The van der Waals surface area contributed by atoms with Crippen LogP contribution >= 0.6 is 11.6 Å². The highest BCUT2D eigenvalue weighted by atomic mass is 35.5. The maximum absolute atomic E-state index is 12.1. The number of Topliss-reactive ketones (excluding diaryl/α,β-unsaturated/α-hetero) is 1. The average Bonchev–Trinajstić information content (AvgIpc) is 3.30. The van der Waals surface area contributed by atoms with Crippen LogP contribution in [0.25, 0.3) is 21.7 Å². The lowest BCUT2D eigenvalue weighted by atomic mass is 10.1. The molecular weight excluding hydrogens is 484 g/mol. The van der Waals surface area contributed by atoms with Gasteiger partial charge in [-0.2, -0.15) is 5.26 Å². The predicted molar refractivity (Wildman–Crippen MR) is 149 cm³/mol. The Labute approximate surface area is 222 Å². The highest BCUT2D eigenvalue weighted by molar-refractivity contribution is 6.35. The van der Waals surface area contributed by atoms with Crippen molar-refractivity contribution in [3.8, 4) is 11.8 Å². The summed E-state index contributed by atoms with van der Waals surface area (Å²) in [5, 5.41) is 13.3. The molecule has 1 saturated heterocycles. The number of nitrogens with zero attached hydrogens (tertiary/aromatic N) is 4. The lowest BCUT2D eigenvalue weighted by Gasteiger charge is -2.34. The van der Waals surface area contributed by atoms with Crippen LogP contribution in [-0.2, 0) is 6.54 Å². The van der Waals surface area contributed by atoms with Gasteiger partial charge in [-0.25, -0.2) is 0 Å². The number of hydrogen-bond donors (Lipinski definition) is 0. The van der Waals surface area contributed by atoms with E-state index in [2.05, 4.69) is 20.4 Å². The van der Waals surface area contributed by atoms with E-state index in [1.807, 2.05) is 60.8 Å². The Kier molecular flexibility index (Phi) is 7.76. The van der Waals surface area contributed by atoms with Crippen LogP contribution in [0.1, 0.15) is 29.3 Å². The van der Waals surface area contributed by atoms with Crippen LogP contribution in [0, 0.1) is 11.3 Å². The van der Waals surface area contributed by atoms with Gasteiger partial charge in [0, 0.05) is 72.2 Å². The highest BCUT2D eigenvalue weighted by Gasteiger charge is 2.18. The number of aromatic nitrogens is 1. The fraction of sp³-hybridized carbons (Fsp3) is 0.333. The van der Waals surface area contributed by atoms with Crippen molar-refractivity contribution >= 4 is 39.1 Å². The molecular formula is C30H31ClN4O2. The summed E-state index contributed by atoms with van der Waals surface area (Å²) in [5.41, 5.74) is 2.18. The Morgan fingerprint density at radius 1 is 0.919 bits per heavy atom. The van der Waals surface area contributed by atoms with E-state index in [1.165, 1.54) is 0 Å². The molecule has 1 aliphatic heterocycles. The number of ether oxygens (including phenoxy) is 1. The molecule has 4 aromatic rings. The van der Waals surface area contributed by atoms with Crippen LogP contribution in [0.15, 0.2) is 60.8 Å². The van der Waals surface area contributed by atoms with Crippen molar-refractivity contribution in [2.45, 2.75) is 19.9 Å². The number of rotatable bonds is 9. The molecule has 0 atom stereocenters. The Morgan fingerprint density at radius 3 is 2.35 bits per heavy atom. The molecule has 3 aromatic carbocycles. The first-order chi connectivity index (χ1) is 18.0. The average molecular weight is 515 g/mol. The summed E-state index contributed by atoms with van der Waals surface area (Å²) in [7, 11) is 0. The minimum atomic E-state index is 0.0307. The van der Waals surface area contributed by atoms with Crippen molar-refractivity contribution in [3.63, 3.8) is 0 Å². The van der Waals surface area contributed by atoms with Crippen molar-refractivity contribution < 1.29 is 9.53 Å². The molecule has 0 saturated carbocycles. The highest BCUT2D eigenvalue weighted by Crippen LogP contribution is 2.31. The van der Waals surface area contributed by atoms with Gasteiger partial charge in [-0.3, -0.25) is 9.69 Å². The van der Waals surface area contributed by atoms with Gasteiger partial charge in [0.1, 0.15) is 18.4 Å². The van der Waals surface area contributed by atoms with Gasteiger partial charge in [0.05, 0.1) is 11.1 Å². The van der Waals surface area contributed by atoms with Crippen molar-refractivity contribution in [1.82, 2.24) is 14.4 Å². The normalized spacial score (nSPS) is 14.7. The van der Waals surface area contributed by atoms with Crippen LogP contribution in [0.5, 0.6) is 5.75 Å². The summed E-state index contributed by atoms with van der Waals surface area (Å²) in [6, 6.07) is 19.8. The summed E-state index contributed by atoms with van der Waals surface area (Å²) in [4.78, 5) is 17.1. The maximum atomic E-state index is 12.1. The fourth-order valence-electron chi connectivity index (χ4n) is 5.25. The molecule has 2 heterocycles. The molecule has 0 N–H and O–H groups in total. The van der Waals surface area contributed by atoms with E-state index in [0.29, 0.717) is 17.7 Å². The SMILES string of the molecule is CC(=O)c1cn(CCCN2CCN(CCOc3ccc(Cl)c4ccccc34)CC2)c2c(C#N)cccc12. The minimum absolute atomic E-state index is 0.0307. The van der Waals surface area contributed by atoms with E-state index in [4.69, 9.17) is 16.3 Å². The molecule has 0 spiro atoms. The molecule has 0 bridgehead atoms. The Balaban J connectivity index is 1.10. The lowest BCUT2D eigenvalue weighted by molar-refractivity contribution is 0.101. The third-order valence-corrected chi connectivity index (χ3v) is 7.56. The number of benzene rings is 3. The Morgan fingerprint density at radius 2 is 1.62 bits per heavy atom. The van der Waals surface area contributed by atoms with E-state index in [9.17, 15) is 10.1 Å². The molecule has 1 aromatic heterocycles. The lowest BCUT2D eigenvalue weighted by Crippen LogP contribution is -2.47. The first-order valence-corrected chi connectivity index (χ1v) is 13.2. The van der Waals surface area contributed by atoms with Crippen molar-refractivity contribution in [2.24, 2.45) is 0 Å². The molecule has 0 aliphatic carbocycles. The van der Waals surface area contributed by atoms with Gasteiger partial charge in [0.25, 0.3) is 0 Å². The number of ketones is 1. The maximum Gasteiger partial charge on any atom is 0.161 e. The van der Waals surface area contributed by atoms with Crippen LogP contribution in [0.4, 0.5) is 0 Å². The van der Waals surface area contributed by atoms with Gasteiger partial charge in [-0.05, 0) is 38.1 Å². The molecule has 7 heteroatoms. The number of halogens is 1. The standard InChI is InChI=1S/C30H31ClN4O2/c1-22(36)27-21-35(30-23(20-32)6-4-9-26(27)30)13-5-12-33-14-16-34(17-15-33)18-19-37-29-11-10-28(31)24-7-2-3-8-25(24)29/h2-4,6-11,21H,5,12-19H2,1H3. The van der Waals surface area contributed by atoms with Crippen molar-refractivity contribution in [2.75, 3.05) is 45.9 Å². The molecule has 0 unspecified atom stereocenters. The van der Waals surface area contributed by atoms with E-state index in [1.54, 1.807) is 6.92 Å². The second-order valence-corrected chi connectivity index (χ2v) is 9.99. The van der Waals surface area contributed by atoms with E-state index in [0.717, 1.165) is 84.7 Å². The number of aryl methyl sites for hydroxylation is 1. The smallest absolute Gasteiger partial charge is 0.161 e. The van der Waals surface area contributed by atoms with E-state index in [-0.39, 0.29) is 5.78 Å². The third-order valence-electron chi connectivity index (χ3n) is 7.23. The zero-order valence-corrected chi connectivity index (χ0v) is 21.9. The third kappa shape index (κ3) is 5.50. The number of para-hydroxylation sites is 1. The van der Waals surface area contributed by atoms with Crippen LogP contribution in [0.2, 0.25) is 5.02 Å². The molecule has 6 nitrogen and oxygen atoms in total. The number of piperazine rings is 1. The number of fused-ring (bicyclic) bond motifs is 2. The number of carbonyl (C=O) groups excluding carboxylic acids is 1. The predicted octanol–water partition coefficient (Wildman–Crippen LogP) is 5.61. The second kappa shape index (κ2) is 11.4. The monoisotopic (exact) mass is 514 g/mol. The summed E-state index contributed by atoms with van der Waals surface area (Å²) in [6.07, 6.45) is 2.88. The zero-order valence-electron chi connectivity index (χ0n) is 21.1. The van der Waals surface area contributed by atoms with E-state index < -0.39 is 0 Å². The van der Waals surface area contributed by atoms with Crippen molar-refractivity contribution in [1.29, 1.82) is 5.26 Å². The van der Waals surface area contributed by atoms with Crippen molar-refractivity contribution in [3.05, 3.63) is 76.9 Å². The summed E-state index contributed by atoms with van der Waals surface area (Å²) < 4.78 is 8.21. The molecule has 1 fully saturated rings. The summed E-state index contributed by atoms with van der Waals surface area (Å²) >= 11 is 6.33. The van der Waals surface area contributed by atoms with Crippen LogP contribution in [0.3, 0.4) is 0 Å². The number of hydrogen-bond acceptors (Lipinski definition) is 5. The minimum Gasteiger partial charge on any atom is -0.492 e. The van der Waals surface area contributed by atoms with Crippen LogP contribution < -0.4 is 4.74 Å².